The fraction of sp³-hybridized carbons (Fsp3) is 0.0455. The van der Waals surface area contributed by atoms with Gasteiger partial charge in [0.05, 0.1) is 0 Å². The van der Waals surface area contributed by atoms with Gasteiger partial charge >= 0.3 is 0 Å². The number of amides is 3. The molecule has 0 saturated carbocycles. The van der Waals surface area contributed by atoms with E-state index in [2.05, 4.69) is 37.9 Å². The molecule has 10 aromatic rings. The third kappa shape index (κ3) is 10.9. The molecule has 3 amide bonds. The molecule has 0 spiro atoms. The lowest BCUT2D eigenvalue weighted by Crippen LogP contribution is -2.26. The number of anilines is 3. The first kappa shape index (κ1) is 55.6. The molecular weight excluding hydrogens is 1090 g/mol. The van der Waals surface area contributed by atoms with E-state index in [1.54, 1.807) is 93.9 Å². The Kier molecular flexibility index (Phi) is 15.9. The van der Waals surface area contributed by atoms with Gasteiger partial charge in [-0.25, -0.2) is 26.3 Å². The molecule has 0 saturated heterocycles. The van der Waals surface area contributed by atoms with Gasteiger partial charge in [0, 0.05) is 103 Å². The minimum atomic E-state index is -1.39. The first-order valence-electron chi connectivity index (χ1n) is 25.0. The predicted octanol–water partition coefficient (Wildman–Crippen LogP) is 17.2. The van der Waals surface area contributed by atoms with Gasteiger partial charge in [0.25, 0.3) is 17.7 Å². The molecule has 0 bridgehead atoms. The third-order valence-electron chi connectivity index (χ3n) is 14.0. The maximum absolute atomic E-state index is 17.3. The fourth-order valence-electron chi connectivity index (χ4n) is 9.81. The Morgan fingerprint density at radius 3 is 0.741 bits per heavy atom. The van der Waals surface area contributed by atoms with Crippen molar-refractivity contribution in [3.05, 3.63) is 252 Å². The smallest absolute Gasteiger partial charge is 0.258 e. The van der Waals surface area contributed by atoms with Crippen LogP contribution in [0.2, 0.25) is 0 Å². The van der Waals surface area contributed by atoms with Crippen molar-refractivity contribution in [3.8, 4) is 66.8 Å². The number of hydrogen-bond acceptors (Lipinski definition) is 6. The average molecular weight is 1140 g/mol. The number of rotatable bonds is 12. The molecule has 402 valence electrons. The number of carbonyl (C=O) groups excluding carboxylic acids is 3. The topological polar surface area (TPSA) is 60.9 Å². The largest absolute Gasteiger partial charge is 0.311 e. The van der Waals surface area contributed by atoms with E-state index in [1.807, 2.05) is 0 Å². The lowest BCUT2D eigenvalue weighted by Gasteiger charge is -2.29. The zero-order valence-corrected chi connectivity index (χ0v) is 45.9. The second-order valence-corrected chi connectivity index (χ2v) is 20.5. The summed E-state index contributed by atoms with van der Waals surface area (Å²) in [6, 6.07) is 48.8. The minimum Gasteiger partial charge on any atom is -0.311 e. The van der Waals surface area contributed by atoms with Crippen molar-refractivity contribution in [1.82, 2.24) is 0 Å². The molecule has 0 fully saturated rings. The normalized spacial score (nSPS) is 11.1. The average Bonchev–Trinajstić information content (AvgIpc) is 3.61. The minimum absolute atomic E-state index is 0.0636. The standard InChI is InChI=1S/C66H45F6N3O3S3/c1-73(43-25-31-46(79)32-26-43)64(76)40-19-13-37(14-20-40)55-58(49-7-4-10-52(67)61(49)70)56(38-15-21-41(22-16-38)65(77)74(2)44-27-33-47(80)34-28-44)60(51-9-6-12-54(69)63(51)72)57(59(55)50-8-5-11-53(68)62(50)71)39-17-23-42(24-18-39)66(78)75(3)45-29-35-48(81)36-30-45/h4-36,79-81H,1-3H3. The summed E-state index contributed by atoms with van der Waals surface area (Å²) in [5.74, 6) is -9.41. The molecule has 0 aliphatic rings. The highest BCUT2D eigenvalue weighted by atomic mass is 32.1. The Labute approximate surface area is 479 Å². The van der Waals surface area contributed by atoms with E-state index in [1.165, 1.54) is 124 Å². The first-order chi connectivity index (χ1) is 38.9. The summed E-state index contributed by atoms with van der Waals surface area (Å²) in [6.07, 6.45) is 0. The van der Waals surface area contributed by atoms with E-state index in [-0.39, 0.29) is 66.8 Å². The monoisotopic (exact) mass is 1140 g/mol. The SMILES string of the molecule is CN(C(=O)c1ccc(-c2c(-c3cccc(F)c3F)c(-c3ccc(C(=O)N(C)c4ccc(S)cc4)cc3)c(-c3cccc(F)c3F)c(-c3ccc(C(=O)N(C)c4ccc(S)cc4)cc3)c2-c2cccc(F)c2F)cc1)c1ccc(S)cc1. The van der Waals surface area contributed by atoms with Gasteiger partial charge in [0.15, 0.2) is 34.9 Å². The number of thiol groups is 3. The third-order valence-corrected chi connectivity index (χ3v) is 14.9. The van der Waals surface area contributed by atoms with Crippen LogP contribution in [0.25, 0.3) is 66.8 Å². The van der Waals surface area contributed by atoms with Crippen LogP contribution in [-0.4, -0.2) is 38.9 Å². The lowest BCUT2D eigenvalue weighted by molar-refractivity contribution is 0.0985. The van der Waals surface area contributed by atoms with Gasteiger partial charge in [-0.2, -0.15) is 0 Å². The Hall–Kier alpha value is -8.76. The van der Waals surface area contributed by atoms with Crippen LogP contribution in [0.1, 0.15) is 31.1 Å². The van der Waals surface area contributed by atoms with Crippen molar-refractivity contribution in [2.75, 3.05) is 35.8 Å². The second kappa shape index (κ2) is 23.1. The molecule has 0 radical (unpaired) electrons. The highest BCUT2D eigenvalue weighted by molar-refractivity contribution is 7.80. The summed E-state index contributed by atoms with van der Waals surface area (Å²) < 4.78 is 100. The van der Waals surface area contributed by atoms with Gasteiger partial charge in [-0.1, -0.05) is 72.8 Å². The highest BCUT2D eigenvalue weighted by Gasteiger charge is 2.34. The van der Waals surface area contributed by atoms with E-state index in [0.29, 0.717) is 31.7 Å². The summed E-state index contributed by atoms with van der Waals surface area (Å²) in [4.78, 5) is 48.8. The molecule has 0 unspecified atom stereocenters. The van der Waals surface area contributed by atoms with E-state index < -0.39 is 69.3 Å². The molecule has 6 nitrogen and oxygen atoms in total. The molecule has 0 atom stereocenters. The Bertz CT molecular complexity index is 3630. The van der Waals surface area contributed by atoms with Crippen LogP contribution in [0.4, 0.5) is 43.4 Å². The number of hydrogen-bond donors (Lipinski definition) is 3. The van der Waals surface area contributed by atoms with Crippen molar-refractivity contribution in [2.24, 2.45) is 0 Å². The number of carbonyl (C=O) groups is 3. The lowest BCUT2D eigenvalue weighted by atomic mass is 9.73. The Morgan fingerprint density at radius 1 is 0.296 bits per heavy atom. The van der Waals surface area contributed by atoms with Crippen LogP contribution in [0, 0.1) is 34.9 Å². The van der Waals surface area contributed by atoms with Crippen LogP contribution >= 0.6 is 37.9 Å². The zero-order valence-electron chi connectivity index (χ0n) is 43.2. The van der Waals surface area contributed by atoms with Gasteiger partial charge < -0.3 is 14.7 Å². The molecule has 0 aliphatic heterocycles. The van der Waals surface area contributed by atoms with Crippen LogP contribution in [-0.2, 0) is 0 Å². The maximum atomic E-state index is 17.3. The van der Waals surface area contributed by atoms with E-state index in [9.17, 15) is 14.4 Å². The second-order valence-electron chi connectivity index (χ2n) is 18.9. The van der Waals surface area contributed by atoms with Gasteiger partial charge in [0.1, 0.15) is 0 Å². The quantitative estimate of drug-likeness (QED) is 0.0844. The molecule has 0 N–H and O–H groups in total. The summed E-state index contributed by atoms with van der Waals surface area (Å²) in [6.45, 7) is 0. The predicted molar refractivity (Wildman–Crippen MR) is 318 cm³/mol. The van der Waals surface area contributed by atoms with Crippen LogP contribution < -0.4 is 14.7 Å². The molecular formula is C66H45F6N3O3S3. The van der Waals surface area contributed by atoms with Crippen molar-refractivity contribution in [1.29, 1.82) is 0 Å². The van der Waals surface area contributed by atoms with Crippen LogP contribution in [0.3, 0.4) is 0 Å². The highest BCUT2D eigenvalue weighted by Crippen LogP contribution is 2.57. The van der Waals surface area contributed by atoms with Gasteiger partial charge in [-0.3, -0.25) is 14.4 Å². The van der Waals surface area contributed by atoms with E-state index >= 15 is 26.3 Å². The van der Waals surface area contributed by atoms with Gasteiger partial charge in [0.2, 0.25) is 0 Å². The fourth-order valence-corrected chi connectivity index (χ4v) is 10.3. The van der Waals surface area contributed by atoms with Crippen molar-refractivity contribution in [2.45, 2.75) is 14.7 Å². The van der Waals surface area contributed by atoms with E-state index in [0.717, 1.165) is 18.2 Å². The molecule has 15 heteroatoms. The number of halogens is 6. The summed E-state index contributed by atoms with van der Waals surface area (Å²) in [5, 5.41) is 0. The van der Waals surface area contributed by atoms with Crippen molar-refractivity contribution in [3.63, 3.8) is 0 Å². The first-order valence-corrected chi connectivity index (χ1v) is 26.4. The molecule has 0 heterocycles. The van der Waals surface area contributed by atoms with Gasteiger partial charge in [-0.05, 0) is 161 Å². The molecule has 10 aromatic carbocycles. The van der Waals surface area contributed by atoms with E-state index in [4.69, 9.17) is 0 Å². The summed E-state index contributed by atoms with van der Waals surface area (Å²) in [7, 11) is 4.74. The summed E-state index contributed by atoms with van der Waals surface area (Å²) >= 11 is 13.1. The van der Waals surface area contributed by atoms with Crippen molar-refractivity contribution >= 4 is 72.7 Å². The number of nitrogens with zero attached hydrogens (tertiary/aromatic N) is 3. The Morgan fingerprint density at radius 2 is 0.519 bits per heavy atom. The zero-order chi connectivity index (χ0) is 57.4. The Balaban J connectivity index is 1.34. The van der Waals surface area contributed by atoms with Crippen LogP contribution in [0.5, 0.6) is 0 Å². The number of benzene rings is 10. The molecule has 10 rings (SSSR count). The maximum Gasteiger partial charge on any atom is 0.258 e. The van der Waals surface area contributed by atoms with Crippen molar-refractivity contribution < 1.29 is 40.7 Å². The molecule has 0 aliphatic carbocycles. The molecule has 81 heavy (non-hydrogen) atoms. The summed E-state index contributed by atoms with van der Waals surface area (Å²) in [5.41, 5.74) is 0.535. The van der Waals surface area contributed by atoms with Crippen LogP contribution in [0.15, 0.2) is 215 Å². The molecule has 0 aromatic heterocycles. The van der Waals surface area contributed by atoms with Gasteiger partial charge in [-0.15, -0.1) is 37.9 Å².